The van der Waals surface area contributed by atoms with Gasteiger partial charge in [0.05, 0.1) is 5.69 Å². The van der Waals surface area contributed by atoms with Gasteiger partial charge in [0.15, 0.2) is 0 Å². The third kappa shape index (κ3) is 5.18. The summed E-state index contributed by atoms with van der Waals surface area (Å²) in [6, 6.07) is 12.3. The van der Waals surface area contributed by atoms with Crippen LogP contribution in [0, 0.1) is 0 Å². The van der Waals surface area contributed by atoms with Gasteiger partial charge in [-0.05, 0) is 35.3 Å². The molecule has 1 aliphatic rings. The highest BCUT2D eigenvalue weighted by molar-refractivity contribution is 5.91. The van der Waals surface area contributed by atoms with Crippen LogP contribution in [0.3, 0.4) is 0 Å². The third-order valence-corrected chi connectivity index (χ3v) is 5.07. The summed E-state index contributed by atoms with van der Waals surface area (Å²) >= 11 is 0. The number of carbonyl (C=O) groups excluding carboxylic acids is 1. The molecule has 1 aliphatic heterocycles. The minimum Gasteiger partial charge on any atom is -0.368 e. The number of hydroxylamine groups is 1. The Labute approximate surface area is 166 Å². The lowest BCUT2D eigenvalue weighted by atomic mass is 10.1. The zero-order valence-corrected chi connectivity index (χ0v) is 16.5. The molecule has 6 heteroatoms. The lowest BCUT2D eigenvalue weighted by Gasteiger charge is -2.36. The zero-order chi connectivity index (χ0) is 19.9. The van der Waals surface area contributed by atoms with Crippen LogP contribution in [0.25, 0.3) is 6.08 Å². The van der Waals surface area contributed by atoms with Crippen molar-refractivity contribution in [3.8, 4) is 0 Å². The maximum Gasteiger partial charge on any atom is 0.267 e. The monoisotopic (exact) mass is 380 g/mol. The molecule has 0 radical (unpaired) electrons. The van der Waals surface area contributed by atoms with Crippen molar-refractivity contribution >= 4 is 17.7 Å². The molecule has 0 aliphatic carbocycles. The Morgan fingerprint density at radius 3 is 2.57 bits per heavy atom. The van der Waals surface area contributed by atoms with E-state index in [1.165, 1.54) is 11.6 Å². The third-order valence-electron chi connectivity index (χ3n) is 5.07. The van der Waals surface area contributed by atoms with Crippen molar-refractivity contribution in [3.63, 3.8) is 0 Å². The molecule has 2 heterocycles. The van der Waals surface area contributed by atoms with Crippen molar-refractivity contribution < 1.29 is 10.0 Å². The fraction of sp³-hybridized carbons (Fsp3) is 0.364. The summed E-state index contributed by atoms with van der Waals surface area (Å²) in [6.45, 7) is 8.98. The van der Waals surface area contributed by atoms with E-state index < -0.39 is 5.91 Å². The summed E-state index contributed by atoms with van der Waals surface area (Å²) < 4.78 is 0. The molecule has 28 heavy (non-hydrogen) atoms. The summed E-state index contributed by atoms with van der Waals surface area (Å²) in [6.07, 6.45) is 5.05. The second-order valence-corrected chi connectivity index (χ2v) is 7.37. The molecular weight excluding hydrogens is 352 g/mol. The van der Waals surface area contributed by atoms with Crippen molar-refractivity contribution in [2.45, 2.75) is 26.3 Å². The number of benzene rings is 1. The number of nitrogens with one attached hydrogen (secondary N) is 1. The van der Waals surface area contributed by atoms with Crippen molar-refractivity contribution in [2.24, 2.45) is 0 Å². The molecule has 1 aromatic carbocycles. The minimum atomic E-state index is -0.532. The number of hydrogen-bond acceptors (Lipinski definition) is 5. The van der Waals surface area contributed by atoms with Crippen LogP contribution in [0.15, 0.2) is 48.7 Å². The number of rotatable bonds is 6. The SMILES string of the molecule is CC(C)c1ccc(CN2CCN(c3ccccc3C=CC(=O)NO)CC2)nc1. The zero-order valence-electron chi connectivity index (χ0n) is 16.5. The first-order chi connectivity index (χ1) is 13.6. The summed E-state index contributed by atoms with van der Waals surface area (Å²) in [5.41, 5.74) is 6.06. The van der Waals surface area contributed by atoms with E-state index in [-0.39, 0.29) is 0 Å². The number of pyridine rings is 1. The van der Waals surface area contributed by atoms with E-state index in [0.717, 1.165) is 49.7 Å². The molecule has 1 fully saturated rings. The summed E-state index contributed by atoms with van der Waals surface area (Å²) in [5, 5.41) is 8.65. The lowest BCUT2D eigenvalue weighted by molar-refractivity contribution is -0.124. The molecule has 0 bridgehead atoms. The predicted octanol–water partition coefficient (Wildman–Crippen LogP) is 3.05. The van der Waals surface area contributed by atoms with Crippen molar-refractivity contribution in [1.82, 2.24) is 15.4 Å². The average Bonchev–Trinajstić information content (AvgIpc) is 2.73. The Hall–Kier alpha value is -2.70. The van der Waals surface area contributed by atoms with E-state index in [4.69, 9.17) is 5.21 Å². The summed E-state index contributed by atoms with van der Waals surface area (Å²) in [5.74, 6) is -0.0294. The number of carbonyl (C=O) groups is 1. The van der Waals surface area contributed by atoms with E-state index >= 15 is 0 Å². The van der Waals surface area contributed by atoms with Crippen LogP contribution in [-0.2, 0) is 11.3 Å². The maximum atomic E-state index is 11.3. The fourth-order valence-electron chi connectivity index (χ4n) is 3.37. The Balaban J connectivity index is 1.60. The number of para-hydroxylation sites is 1. The molecule has 0 atom stereocenters. The van der Waals surface area contributed by atoms with Gasteiger partial charge in [0.25, 0.3) is 5.91 Å². The predicted molar refractivity (Wildman–Crippen MR) is 111 cm³/mol. The van der Waals surface area contributed by atoms with Gasteiger partial charge >= 0.3 is 0 Å². The highest BCUT2D eigenvalue weighted by Gasteiger charge is 2.19. The number of anilines is 1. The van der Waals surface area contributed by atoms with Crippen LogP contribution in [0.1, 0.15) is 36.6 Å². The van der Waals surface area contributed by atoms with Crippen molar-refractivity contribution in [3.05, 3.63) is 65.5 Å². The molecule has 3 rings (SSSR count). The highest BCUT2D eigenvalue weighted by atomic mass is 16.5. The molecule has 0 unspecified atom stereocenters. The van der Waals surface area contributed by atoms with Crippen LogP contribution < -0.4 is 10.4 Å². The topological polar surface area (TPSA) is 68.7 Å². The van der Waals surface area contributed by atoms with Crippen molar-refractivity contribution in [2.75, 3.05) is 31.1 Å². The van der Waals surface area contributed by atoms with Crippen LogP contribution in [0.2, 0.25) is 0 Å². The number of piperazine rings is 1. The Morgan fingerprint density at radius 2 is 1.93 bits per heavy atom. The number of nitrogens with zero attached hydrogens (tertiary/aromatic N) is 3. The van der Waals surface area contributed by atoms with Gasteiger partial charge in [-0.15, -0.1) is 0 Å². The number of hydrogen-bond donors (Lipinski definition) is 2. The number of aromatic nitrogens is 1. The Morgan fingerprint density at radius 1 is 1.18 bits per heavy atom. The normalized spacial score (nSPS) is 15.4. The summed E-state index contributed by atoms with van der Waals surface area (Å²) in [4.78, 5) is 20.6. The van der Waals surface area contributed by atoms with Crippen molar-refractivity contribution in [1.29, 1.82) is 0 Å². The first-order valence-corrected chi connectivity index (χ1v) is 9.70. The fourth-order valence-corrected chi connectivity index (χ4v) is 3.37. The van der Waals surface area contributed by atoms with Crippen LogP contribution in [-0.4, -0.2) is 47.2 Å². The highest BCUT2D eigenvalue weighted by Crippen LogP contribution is 2.23. The van der Waals surface area contributed by atoms with E-state index in [2.05, 4.69) is 46.8 Å². The van der Waals surface area contributed by atoms with Gasteiger partial charge in [-0.2, -0.15) is 0 Å². The molecule has 2 aromatic rings. The van der Waals surface area contributed by atoms with Gasteiger partial charge in [-0.25, -0.2) is 5.48 Å². The Bertz CT molecular complexity index is 810. The van der Waals surface area contributed by atoms with Crippen LogP contribution in [0.4, 0.5) is 5.69 Å². The van der Waals surface area contributed by atoms with Gasteiger partial charge in [0.1, 0.15) is 0 Å². The molecule has 1 saturated heterocycles. The van der Waals surface area contributed by atoms with E-state index in [1.807, 2.05) is 24.4 Å². The van der Waals surface area contributed by atoms with E-state index in [0.29, 0.717) is 5.92 Å². The molecule has 2 N–H and O–H groups in total. The number of amides is 1. The van der Waals surface area contributed by atoms with Gasteiger partial charge in [-0.1, -0.05) is 38.1 Å². The van der Waals surface area contributed by atoms with Gasteiger partial charge < -0.3 is 4.90 Å². The van der Waals surface area contributed by atoms with E-state index in [9.17, 15) is 4.79 Å². The van der Waals surface area contributed by atoms with Gasteiger partial charge in [0, 0.05) is 50.7 Å². The molecular formula is C22H28N4O2. The molecule has 0 spiro atoms. The van der Waals surface area contributed by atoms with E-state index in [1.54, 1.807) is 11.6 Å². The van der Waals surface area contributed by atoms with Crippen LogP contribution >= 0.6 is 0 Å². The first kappa shape index (κ1) is 20.0. The summed E-state index contributed by atoms with van der Waals surface area (Å²) in [7, 11) is 0. The molecule has 1 aromatic heterocycles. The largest absolute Gasteiger partial charge is 0.368 e. The van der Waals surface area contributed by atoms with Gasteiger partial charge in [0.2, 0.25) is 0 Å². The maximum absolute atomic E-state index is 11.3. The molecule has 6 nitrogen and oxygen atoms in total. The van der Waals surface area contributed by atoms with Crippen LogP contribution in [0.5, 0.6) is 0 Å². The Kier molecular flexibility index (Phi) is 6.79. The second-order valence-electron chi connectivity index (χ2n) is 7.37. The molecule has 148 valence electrons. The minimum absolute atomic E-state index is 0.502. The standard InChI is InChI=1S/C22H28N4O2/c1-17(2)19-7-9-20(23-15-19)16-25-11-13-26(14-12-25)21-6-4-3-5-18(21)8-10-22(27)24-28/h3-10,15,17,28H,11-14,16H2,1-2H3,(H,24,27). The van der Waals surface area contributed by atoms with Gasteiger partial charge in [-0.3, -0.25) is 19.9 Å². The first-order valence-electron chi connectivity index (χ1n) is 9.70. The molecule has 0 saturated carbocycles. The quantitative estimate of drug-likeness (QED) is 0.458. The average molecular weight is 380 g/mol. The lowest BCUT2D eigenvalue weighted by Crippen LogP contribution is -2.46. The second kappa shape index (κ2) is 9.48. The molecule has 1 amide bonds. The smallest absolute Gasteiger partial charge is 0.267 e.